The van der Waals surface area contributed by atoms with Gasteiger partial charge < -0.3 is 10.1 Å². The second kappa shape index (κ2) is 9.08. The second-order valence-corrected chi connectivity index (χ2v) is 5.84. The number of carbonyl (C=O) groups excluding carboxylic acids is 2. The molecule has 5 heteroatoms. The molecule has 0 heterocycles. The van der Waals surface area contributed by atoms with Gasteiger partial charge in [-0.25, -0.2) is 4.79 Å². The Bertz CT molecular complexity index is 688. The minimum Gasteiger partial charge on any atom is -0.452 e. The number of carbonyl (C=O) groups is 2. The first kappa shape index (κ1) is 18.0. The molecule has 0 spiro atoms. The van der Waals surface area contributed by atoms with E-state index in [0.29, 0.717) is 10.6 Å². The van der Waals surface area contributed by atoms with Gasteiger partial charge in [-0.1, -0.05) is 61.3 Å². The van der Waals surface area contributed by atoms with Gasteiger partial charge in [0.15, 0.2) is 6.61 Å². The van der Waals surface area contributed by atoms with Crippen LogP contribution in [0.4, 0.5) is 0 Å². The summed E-state index contributed by atoms with van der Waals surface area (Å²) in [7, 11) is 0. The van der Waals surface area contributed by atoms with Crippen molar-refractivity contribution in [1.29, 1.82) is 0 Å². The van der Waals surface area contributed by atoms with Gasteiger partial charge in [0.2, 0.25) is 0 Å². The molecule has 0 aliphatic carbocycles. The van der Waals surface area contributed by atoms with Crippen molar-refractivity contribution in [1.82, 2.24) is 5.32 Å². The van der Waals surface area contributed by atoms with E-state index < -0.39 is 5.97 Å². The van der Waals surface area contributed by atoms with Crippen molar-refractivity contribution < 1.29 is 14.3 Å². The minimum atomic E-state index is -0.570. The standard InChI is InChI=1S/C19H20ClNO3/c1-2-7-17(14-8-4-3-5-9-14)21-18(22)13-24-19(23)15-10-6-11-16(20)12-15/h3-6,8-12,17H,2,7,13H2,1H3,(H,21,22)/t17-/m1/s1. The average Bonchev–Trinajstić information content (AvgIpc) is 2.60. The Labute approximate surface area is 146 Å². The molecule has 24 heavy (non-hydrogen) atoms. The van der Waals surface area contributed by atoms with E-state index in [-0.39, 0.29) is 18.6 Å². The number of benzene rings is 2. The molecular formula is C19H20ClNO3. The average molecular weight is 346 g/mol. The molecule has 0 saturated carbocycles. The highest BCUT2D eigenvalue weighted by Crippen LogP contribution is 2.18. The number of ether oxygens (including phenoxy) is 1. The second-order valence-electron chi connectivity index (χ2n) is 5.41. The van der Waals surface area contributed by atoms with Gasteiger partial charge in [-0.3, -0.25) is 4.79 Å². The molecule has 126 valence electrons. The summed E-state index contributed by atoms with van der Waals surface area (Å²) in [6.45, 7) is 1.74. The highest BCUT2D eigenvalue weighted by Gasteiger charge is 2.15. The van der Waals surface area contributed by atoms with E-state index in [4.69, 9.17) is 16.3 Å². The molecule has 4 nitrogen and oxygen atoms in total. The first-order valence-electron chi connectivity index (χ1n) is 7.87. The fourth-order valence-electron chi connectivity index (χ4n) is 2.36. The predicted molar refractivity (Wildman–Crippen MR) is 94.0 cm³/mol. The van der Waals surface area contributed by atoms with Gasteiger partial charge in [0.1, 0.15) is 0 Å². The van der Waals surface area contributed by atoms with E-state index in [1.807, 2.05) is 30.3 Å². The molecule has 0 aliphatic heterocycles. The number of nitrogens with one attached hydrogen (secondary N) is 1. The van der Waals surface area contributed by atoms with E-state index >= 15 is 0 Å². The summed E-state index contributed by atoms with van der Waals surface area (Å²) in [5.74, 6) is -0.896. The summed E-state index contributed by atoms with van der Waals surface area (Å²) in [4.78, 5) is 24.0. The summed E-state index contributed by atoms with van der Waals surface area (Å²) in [5, 5.41) is 3.36. The third-order valence-corrected chi connectivity index (χ3v) is 3.74. The molecule has 1 atom stereocenters. The largest absolute Gasteiger partial charge is 0.452 e. The molecule has 0 radical (unpaired) electrons. The van der Waals surface area contributed by atoms with E-state index in [1.54, 1.807) is 18.2 Å². The number of amides is 1. The molecule has 2 rings (SSSR count). The normalized spacial score (nSPS) is 11.6. The monoisotopic (exact) mass is 345 g/mol. The smallest absolute Gasteiger partial charge is 0.338 e. The highest BCUT2D eigenvalue weighted by molar-refractivity contribution is 6.30. The third-order valence-electron chi connectivity index (χ3n) is 3.51. The predicted octanol–water partition coefficient (Wildman–Crippen LogP) is 4.15. The Hall–Kier alpha value is -2.33. The van der Waals surface area contributed by atoms with Crippen LogP contribution in [0.25, 0.3) is 0 Å². The maximum atomic E-state index is 12.1. The summed E-state index contributed by atoms with van der Waals surface area (Å²) in [6.07, 6.45) is 1.75. The van der Waals surface area contributed by atoms with E-state index in [1.165, 1.54) is 6.07 Å². The van der Waals surface area contributed by atoms with Crippen LogP contribution >= 0.6 is 11.6 Å². The molecule has 0 fully saturated rings. The molecule has 1 amide bonds. The van der Waals surface area contributed by atoms with E-state index in [2.05, 4.69) is 12.2 Å². The molecule has 0 unspecified atom stereocenters. The molecule has 2 aromatic rings. The molecule has 1 N–H and O–H groups in total. The van der Waals surface area contributed by atoms with Crippen LogP contribution in [-0.4, -0.2) is 18.5 Å². The van der Waals surface area contributed by atoms with Gasteiger partial charge in [0, 0.05) is 5.02 Å². The molecular weight excluding hydrogens is 326 g/mol. The van der Waals surface area contributed by atoms with Crippen LogP contribution in [0.3, 0.4) is 0 Å². The zero-order chi connectivity index (χ0) is 17.4. The molecule has 0 bridgehead atoms. The highest BCUT2D eigenvalue weighted by atomic mass is 35.5. The Morgan fingerprint density at radius 1 is 1.12 bits per heavy atom. The first-order valence-corrected chi connectivity index (χ1v) is 8.25. The zero-order valence-electron chi connectivity index (χ0n) is 13.5. The van der Waals surface area contributed by atoms with Crippen molar-refractivity contribution in [3.8, 4) is 0 Å². The zero-order valence-corrected chi connectivity index (χ0v) is 14.3. The third kappa shape index (κ3) is 5.39. The number of hydrogen-bond donors (Lipinski definition) is 1. The van der Waals surface area contributed by atoms with Crippen molar-refractivity contribution in [2.75, 3.05) is 6.61 Å². The van der Waals surface area contributed by atoms with E-state index in [9.17, 15) is 9.59 Å². The summed E-state index contributed by atoms with van der Waals surface area (Å²) in [6, 6.07) is 16.1. The van der Waals surface area contributed by atoms with Crippen molar-refractivity contribution in [2.45, 2.75) is 25.8 Å². The number of rotatable bonds is 7. The van der Waals surface area contributed by atoms with Gasteiger partial charge >= 0.3 is 5.97 Å². The van der Waals surface area contributed by atoms with Gasteiger partial charge in [0.25, 0.3) is 5.91 Å². The summed E-state index contributed by atoms with van der Waals surface area (Å²) >= 11 is 5.84. The van der Waals surface area contributed by atoms with Crippen molar-refractivity contribution in [2.24, 2.45) is 0 Å². The fourth-order valence-corrected chi connectivity index (χ4v) is 2.55. The Morgan fingerprint density at radius 2 is 1.88 bits per heavy atom. The number of esters is 1. The molecule has 0 saturated heterocycles. The molecule has 2 aromatic carbocycles. The van der Waals surface area contributed by atoms with Crippen molar-refractivity contribution in [3.63, 3.8) is 0 Å². The lowest BCUT2D eigenvalue weighted by Gasteiger charge is -2.18. The van der Waals surface area contributed by atoms with Crippen molar-refractivity contribution in [3.05, 3.63) is 70.7 Å². The quantitative estimate of drug-likeness (QED) is 0.767. The lowest BCUT2D eigenvalue weighted by molar-refractivity contribution is -0.125. The topological polar surface area (TPSA) is 55.4 Å². The van der Waals surface area contributed by atoms with Crippen LogP contribution < -0.4 is 5.32 Å². The lowest BCUT2D eigenvalue weighted by Crippen LogP contribution is -2.32. The van der Waals surface area contributed by atoms with Crippen molar-refractivity contribution >= 4 is 23.5 Å². The fraction of sp³-hybridized carbons (Fsp3) is 0.263. The summed E-state index contributed by atoms with van der Waals surface area (Å²) in [5.41, 5.74) is 1.36. The maximum absolute atomic E-state index is 12.1. The van der Waals surface area contributed by atoms with Crippen LogP contribution in [0.1, 0.15) is 41.7 Å². The van der Waals surface area contributed by atoms with E-state index in [0.717, 1.165) is 18.4 Å². The molecule has 0 aliphatic rings. The first-order chi connectivity index (χ1) is 11.6. The Kier molecular flexibility index (Phi) is 6.82. The number of halogens is 1. The Balaban J connectivity index is 1.90. The van der Waals surface area contributed by atoms with Gasteiger partial charge in [-0.2, -0.15) is 0 Å². The van der Waals surface area contributed by atoms with Crippen LogP contribution in [0, 0.1) is 0 Å². The maximum Gasteiger partial charge on any atom is 0.338 e. The van der Waals surface area contributed by atoms with Crippen LogP contribution in [0.2, 0.25) is 5.02 Å². The van der Waals surface area contributed by atoms with Gasteiger partial charge in [-0.15, -0.1) is 0 Å². The minimum absolute atomic E-state index is 0.0893. The Morgan fingerprint density at radius 3 is 2.54 bits per heavy atom. The van der Waals surface area contributed by atoms with Crippen LogP contribution in [0.5, 0.6) is 0 Å². The van der Waals surface area contributed by atoms with Crippen LogP contribution in [-0.2, 0) is 9.53 Å². The van der Waals surface area contributed by atoms with Gasteiger partial charge in [-0.05, 0) is 30.2 Å². The summed E-state index contributed by atoms with van der Waals surface area (Å²) < 4.78 is 5.05. The molecule has 0 aromatic heterocycles. The number of hydrogen-bond acceptors (Lipinski definition) is 3. The van der Waals surface area contributed by atoms with Crippen LogP contribution in [0.15, 0.2) is 54.6 Å². The lowest BCUT2D eigenvalue weighted by atomic mass is 10.0. The SMILES string of the molecule is CCC[C@@H](NC(=O)COC(=O)c1cccc(Cl)c1)c1ccccc1. The van der Waals surface area contributed by atoms with Gasteiger partial charge in [0.05, 0.1) is 11.6 Å².